The molecule has 1 aliphatic heterocycles. The van der Waals surface area contributed by atoms with Crippen LogP contribution in [0.2, 0.25) is 0 Å². The van der Waals surface area contributed by atoms with E-state index in [2.05, 4.69) is 15.3 Å². The van der Waals surface area contributed by atoms with E-state index in [1.807, 2.05) is 6.92 Å². The quantitative estimate of drug-likeness (QED) is 0.464. The number of amidine groups is 1. The predicted octanol–water partition coefficient (Wildman–Crippen LogP) is 0.818. The first-order valence-corrected chi connectivity index (χ1v) is 6.23. The van der Waals surface area contributed by atoms with Gasteiger partial charge in [-0.25, -0.2) is 4.79 Å². The molecule has 0 aliphatic carbocycles. The maximum atomic E-state index is 11.3. The number of alkyl halides is 1. The number of nitrogens with one attached hydrogen (secondary N) is 1. The maximum Gasteiger partial charge on any atom is 0.433 e. The Hall–Kier alpha value is -0.950. The third-order valence-electron chi connectivity index (χ3n) is 1.74. The molecule has 0 saturated carbocycles. The van der Waals surface area contributed by atoms with Crippen LogP contribution in [-0.4, -0.2) is 46.8 Å². The molecule has 1 aliphatic rings. The van der Waals surface area contributed by atoms with Crippen molar-refractivity contribution in [1.82, 2.24) is 10.2 Å². The van der Waals surface area contributed by atoms with Crippen molar-refractivity contribution in [3.8, 4) is 0 Å². The molecule has 90 valence electrons. The molecule has 8 heteroatoms. The molecule has 16 heavy (non-hydrogen) atoms. The van der Waals surface area contributed by atoms with Gasteiger partial charge in [-0.2, -0.15) is 0 Å². The molecule has 0 spiro atoms. The number of thioether (sulfide) groups is 1. The standard InChI is InChI=1S/C8H12ClN3O3S/c1-2-12-6(13)5-16-7(12)11-15-8(14)10-4-3-9/h2-5H2,1H3,(H,10,14). The van der Waals surface area contributed by atoms with Crippen LogP contribution in [0.5, 0.6) is 0 Å². The second kappa shape index (κ2) is 6.59. The van der Waals surface area contributed by atoms with Gasteiger partial charge < -0.3 is 5.32 Å². The zero-order valence-corrected chi connectivity index (χ0v) is 10.3. The number of nitrogens with zero attached hydrogens (tertiary/aromatic N) is 2. The van der Waals surface area contributed by atoms with E-state index in [-0.39, 0.29) is 5.91 Å². The van der Waals surface area contributed by atoms with E-state index >= 15 is 0 Å². The fourth-order valence-electron chi connectivity index (χ4n) is 1.04. The Morgan fingerprint density at radius 1 is 1.75 bits per heavy atom. The topological polar surface area (TPSA) is 71.0 Å². The first-order chi connectivity index (χ1) is 7.69. The highest BCUT2D eigenvalue weighted by molar-refractivity contribution is 8.15. The number of hydrogen-bond donors (Lipinski definition) is 1. The summed E-state index contributed by atoms with van der Waals surface area (Å²) in [6.07, 6.45) is -0.677. The zero-order chi connectivity index (χ0) is 12.0. The predicted molar refractivity (Wildman–Crippen MR) is 62.5 cm³/mol. The minimum absolute atomic E-state index is 0.0315. The number of rotatable bonds is 4. The van der Waals surface area contributed by atoms with E-state index in [9.17, 15) is 9.59 Å². The van der Waals surface area contributed by atoms with Gasteiger partial charge in [0.2, 0.25) is 11.1 Å². The first kappa shape index (κ1) is 13.1. The number of amides is 2. The average Bonchev–Trinajstić information content (AvgIpc) is 2.64. The smallest absolute Gasteiger partial charge is 0.318 e. The number of hydrogen-bond acceptors (Lipinski definition) is 5. The first-order valence-electron chi connectivity index (χ1n) is 4.71. The summed E-state index contributed by atoms with van der Waals surface area (Å²) in [6.45, 7) is 2.65. The molecule has 0 radical (unpaired) electrons. The van der Waals surface area contributed by atoms with Crippen molar-refractivity contribution in [2.45, 2.75) is 6.92 Å². The van der Waals surface area contributed by atoms with Crippen LogP contribution in [0.25, 0.3) is 0 Å². The van der Waals surface area contributed by atoms with Gasteiger partial charge in [0.05, 0.1) is 5.75 Å². The molecule has 1 heterocycles. The van der Waals surface area contributed by atoms with Crippen molar-refractivity contribution in [3.05, 3.63) is 0 Å². The molecule has 1 fully saturated rings. The normalized spacial score (nSPS) is 18.0. The van der Waals surface area contributed by atoms with E-state index in [1.165, 1.54) is 16.7 Å². The van der Waals surface area contributed by atoms with E-state index in [0.29, 0.717) is 29.9 Å². The summed E-state index contributed by atoms with van der Waals surface area (Å²) in [5, 5.41) is 6.41. The van der Waals surface area contributed by atoms with Gasteiger partial charge in [0.25, 0.3) is 0 Å². The Morgan fingerprint density at radius 2 is 2.50 bits per heavy atom. The van der Waals surface area contributed by atoms with Gasteiger partial charge in [-0.05, 0) is 12.1 Å². The largest absolute Gasteiger partial charge is 0.433 e. The van der Waals surface area contributed by atoms with Crippen molar-refractivity contribution in [1.29, 1.82) is 0 Å². The monoisotopic (exact) mass is 265 g/mol. The second-order valence-electron chi connectivity index (χ2n) is 2.80. The highest BCUT2D eigenvalue weighted by Crippen LogP contribution is 2.18. The highest BCUT2D eigenvalue weighted by Gasteiger charge is 2.27. The van der Waals surface area contributed by atoms with Crippen molar-refractivity contribution in [2.75, 3.05) is 24.7 Å². The molecule has 2 amide bonds. The Balaban J connectivity index is 2.44. The molecular formula is C8H12ClN3O3S. The van der Waals surface area contributed by atoms with Crippen molar-refractivity contribution >= 4 is 40.5 Å². The Labute approximate surface area is 102 Å². The van der Waals surface area contributed by atoms with E-state index in [1.54, 1.807) is 0 Å². The van der Waals surface area contributed by atoms with Crippen molar-refractivity contribution in [2.24, 2.45) is 5.16 Å². The third kappa shape index (κ3) is 3.57. The average molecular weight is 266 g/mol. The summed E-state index contributed by atoms with van der Waals surface area (Å²) < 4.78 is 0. The number of carbonyl (C=O) groups excluding carboxylic acids is 2. The van der Waals surface area contributed by atoms with Crippen molar-refractivity contribution in [3.63, 3.8) is 0 Å². The van der Waals surface area contributed by atoms with Crippen LogP contribution in [0.4, 0.5) is 4.79 Å². The summed E-state index contributed by atoms with van der Waals surface area (Å²) in [5.41, 5.74) is 0. The fraction of sp³-hybridized carbons (Fsp3) is 0.625. The zero-order valence-electron chi connectivity index (χ0n) is 8.73. The van der Waals surface area contributed by atoms with Crippen LogP contribution in [0.1, 0.15) is 6.92 Å². The number of halogens is 1. The van der Waals surface area contributed by atoms with Crippen LogP contribution < -0.4 is 5.32 Å². The molecule has 1 N–H and O–H groups in total. The van der Waals surface area contributed by atoms with Gasteiger partial charge >= 0.3 is 6.09 Å². The van der Waals surface area contributed by atoms with Crippen LogP contribution in [0.15, 0.2) is 5.16 Å². The Bertz CT molecular complexity index is 311. The molecule has 1 rings (SSSR count). The van der Waals surface area contributed by atoms with Crippen molar-refractivity contribution < 1.29 is 14.4 Å². The van der Waals surface area contributed by atoms with Gasteiger partial charge in [-0.1, -0.05) is 11.8 Å². The maximum absolute atomic E-state index is 11.3. The Kier molecular flexibility index (Phi) is 5.41. The van der Waals surface area contributed by atoms with Gasteiger partial charge in [-0.3, -0.25) is 14.5 Å². The molecule has 0 atom stereocenters. The van der Waals surface area contributed by atoms with E-state index < -0.39 is 6.09 Å². The van der Waals surface area contributed by atoms with Gasteiger partial charge in [0.1, 0.15) is 0 Å². The lowest BCUT2D eigenvalue weighted by Gasteiger charge is -2.11. The van der Waals surface area contributed by atoms with E-state index in [0.717, 1.165) is 0 Å². The highest BCUT2D eigenvalue weighted by atomic mass is 35.5. The van der Waals surface area contributed by atoms with E-state index in [4.69, 9.17) is 11.6 Å². The van der Waals surface area contributed by atoms with Crippen LogP contribution in [0, 0.1) is 0 Å². The lowest BCUT2D eigenvalue weighted by atomic mass is 10.5. The van der Waals surface area contributed by atoms with Gasteiger partial charge in [0, 0.05) is 19.0 Å². The molecule has 0 aromatic rings. The fourth-order valence-corrected chi connectivity index (χ4v) is 2.02. The summed E-state index contributed by atoms with van der Waals surface area (Å²) in [4.78, 5) is 28.3. The van der Waals surface area contributed by atoms with Crippen LogP contribution in [-0.2, 0) is 9.63 Å². The number of oxime groups is 1. The molecule has 0 unspecified atom stereocenters. The van der Waals surface area contributed by atoms with Gasteiger partial charge in [0.15, 0.2) is 0 Å². The number of carbonyl (C=O) groups is 2. The van der Waals surface area contributed by atoms with Crippen LogP contribution >= 0.6 is 23.4 Å². The van der Waals surface area contributed by atoms with Gasteiger partial charge in [-0.15, -0.1) is 11.6 Å². The third-order valence-corrected chi connectivity index (χ3v) is 2.88. The molecule has 6 nitrogen and oxygen atoms in total. The lowest BCUT2D eigenvalue weighted by Crippen LogP contribution is -2.30. The summed E-state index contributed by atoms with van der Waals surface area (Å²) >= 11 is 6.62. The minimum atomic E-state index is -0.677. The Morgan fingerprint density at radius 3 is 3.12 bits per heavy atom. The molecule has 0 aromatic heterocycles. The lowest BCUT2D eigenvalue weighted by molar-refractivity contribution is -0.124. The summed E-state index contributed by atoms with van der Waals surface area (Å²) in [7, 11) is 0. The molecule has 0 aromatic carbocycles. The molecular weight excluding hydrogens is 254 g/mol. The minimum Gasteiger partial charge on any atom is -0.318 e. The summed E-state index contributed by atoms with van der Waals surface area (Å²) in [6, 6.07) is 0. The second-order valence-corrected chi connectivity index (χ2v) is 4.12. The summed E-state index contributed by atoms with van der Waals surface area (Å²) in [5.74, 6) is 0.607. The molecule has 0 bridgehead atoms. The SMILES string of the molecule is CCN1C(=O)CSC1=NOC(=O)NCCCl. The van der Waals surface area contributed by atoms with Crippen LogP contribution in [0.3, 0.4) is 0 Å². The molecule has 1 saturated heterocycles.